The smallest absolute Gasteiger partial charge is 0.274 e. The summed E-state index contributed by atoms with van der Waals surface area (Å²) in [4.78, 5) is 18.3. The Bertz CT molecular complexity index is 580. The van der Waals surface area contributed by atoms with Gasteiger partial charge in [-0.05, 0) is 11.1 Å². The molecular formula is C14H16N4O. The monoisotopic (exact) mass is 256 g/mol. The minimum atomic E-state index is -0.0213. The van der Waals surface area contributed by atoms with Crippen molar-refractivity contribution in [2.24, 2.45) is 5.73 Å². The normalized spacial score (nSPS) is 13.6. The van der Waals surface area contributed by atoms with Crippen molar-refractivity contribution < 1.29 is 4.79 Å². The number of benzene rings is 1. The van der Waals surface area contributed by atoms with Gasteiger partial charge in [0.05, 0.1) is 6.33 Å². The summed E-state index contributed by atoms with van der Waals surface area (Å²) in [6, 6.07) is 8.14. The fourth-order valence-corrected chi connectivity index (χ4v) is 2.38. The number of nitrogens with two attached hydrogens (primary N) is 1. The van der Waals surface area contributed by atoms with Gasteiger partial charge in [-0.3, -0.25) is 4.79 Å². The van der Waals surface area contributed by atoms with Gasteiger partial charge in [0.2, 0.25) is 0 Å². The third-order valence-corrected chi connectivity index (χ3v) is 3.37. The Kier molecular flexibility index (Phi) is 3.05. The van der Waals surface area contributed by atoms with E-state index in [1.165, 1.54) is 11.1 Å². The highest BCUT2D eigenvalue weighted by molar-refractivity contribution is 5.92. The van der Waals surface area contributed by atoms with Gasteiger partial charge in [-0.25, -0.2) is 4.98 Å². The molecule has 2 N–H and O–H groups in total. The molecule has 0 radical (unpaired) electrons. The number of carbonyl (C=O) groups is 1. The van der Waals surface area contributed by atoms with Crippen molar-refractivity contribution in [3.05, 3.63) is 53.6 Å². The number of hydrogen-bond acceptors (Lipinski definition) is 3. The molecule has 98 valence electrons. The highest BCUT2D eigenvalue weighted by Gasteiger charge is 2.25. The molecule has 0 atom stereocenters. The molecule has 0 saturated carbocycles. The zero-order valence-electron chi connectivity index (χ0n) is 10.6. The number of rotatable bonds is 3. The fourth-order valence-electron chi connectivity index (χ4n) is 2.38. The van der Waals surface area contributed by atoms with Gasteiger partial charge in [-0.15, -0.1) is 0 Å². The number of nitrogens with zero attached hydrogens (tertiary/aromatic N) is 3. The summed E-state index contributed by atoms with van der Waals surface area (Å²) in [6.45, 7) is 2.55. The van der Waals surface area contributed by atoms with Crippen LogP contribution in [0.3, 0.4) is 0 Å². The molecule has 0 unspecified atom stereocenters. The molecule has 0 fully saturated rings. The van der Waals surface area contributed by atoms with Crippen LogP contribution in [0.15, 0.2) is 36.8 Å². The van der Waals surface area contributed by atoms with Crippen LogP contribution in [-0.2, 0) is 19.6 Å². The molecular weight excluding hydrogens is 240 g/mol. The topological polar surface area (TPSA) is 64.2 Å². The van der Waals surface area contributed by atoms with E-state index < -0.39 is 0 Å². The van der Waals surface area contributed by atoms with E-state index in [4.69, 9.17) is 5.73 Å². The average molecular weight is 256 g/mol. The van der Waals surface area contributed by atoms with Crippen molar-refractivity contribution in [1.82, 2.24) is 14.5 Å². The predicted molar refractivity (Wildman–Crippen MR) is 71.3 cm³/mol. The molecule has 0 aliphatic carbocycles. The Balaban J connectivity index is 1.75. The fraction of sp³-hybridized carbons (Fsp3) is 0.286. The molecule has 1 aromatic carbocycles. The lowest BCUT2D eigenvalue weighted by Gasteiger charge is -2.13. The van der Waals surface area contributed by atoms with Crippen LogP contribution in [0, 0.1) is 0 Å². The van der Waals surface area contributed by atoms with Crippen molar-refractivity contribution >= 4 is 5.91 Å². The number of aromatic nitrogens is 2. The van der Waals surface area contributed by atoms with Crippen molar-refractivity contribution in [2.45, 2.75) is 19.6 Å². The Hall–Kier alpha value is -2.14. The van der Waals surface area contributed by atoms with Gasteiger partial charge in [0, 0.05) is 32.4 Å². The molecule has 5 nitrogen and oxygen atoms in total. The van der Waals surface area contributed by atoms with Gasteiger partial charge < -0.3 is 15.2 Å². The number of hydrogen-bond donors (Lipinski definition) is 1. The molecule has 1 aromatic heterocycles. The van der Waals surface area contributed by atoms with E-state index in [0.717, 1.165) is 0 Å². The maximum atomic E-state index is 12.4. The zero-order chi connectivity index (χ0) is 13.2. The predicted octanol–water partition coefficient (Wildman–Crippen LogP) is 0.998. The largest absolute Gasteiger partial charge is 0.335 e. The Morgan fingerprint density at radius 2 is 1.95 bits per heavy atom. The molecule has 2 heterocycles. The van der Waals surface area contributed by atoms with Crippen molar-refractivity contribution in [2.75, 3.05) is 6.54 Å². The van der Waals surface area contributed by atoms with E-state index in [1.807, 2.05) is 21.6 Å². The lowest BCUT2D eigenvalue weighted by Crippen LogP contribution is -2.25. The summed E-state index contributed by atoms with van der Waals surface area (Å²) in [5, 5.41) is 0. The zero-order valence-corrected chi connectivity index (χ0v) is 10.6. The summed E-state index contributed by atoms with van der Waals surface area (Å²) >= 11 is 0. The molecule has 1 aliphatic heterocycles. The summed E-state index contributed by atoms with van der Waals surface area (Å²) < 4.78 is 1.84. The molecule has 2 aromatic rings. The highest BCUT2D eigenvalue weighted by atomic mass is 16.2. The van der Waals surface area contributed by atoms with E-state index in [2.05, 4.69) is 17.1 Å². The SMILES string of the molecule is NCCn1cnc(C(=O)N2Cc3ccccc3C2)c1. The first kappa shape index (κ1) is 11.9. The lowest BCUT2D eigenvalue weighted by molar-refractivity contribution is 0.0746. The summed E-state index contributed by atoms with van der Waals surface area (Å²) in [5.41, 5.74) is 8.41. The number of fused-ring (bicyclic) bond motifs is 1. The van der Waals surface area contributed by atoms with E-state index >= 15 is 0 Å². The minimum absolute atomic E-state index is 0.0213. The molecule has 0 bridgehead atoms. The van der Waals surface area contributed by atoms with Crippen LogP contribution in [0.2, 0.25) is 0 Å². The van der Waals surface area contributed by atoms with Crippen molar-refractivity contribution in [1.29, 1.82) is 0 Å². The van der Waals surface area contributed by atoms with E-state index in [1.54, 1.807) is 12.5 Å². The van der Waals surface area contributed by atoms with Crippen LogP contribution in [0.4, 0.5) is 0 Å². The van der Waals surface area contributed by atoms with Crippen LogP contribution in [0.5, 0.6) is 0 Å². The quantitative estimate of drug-likeness (QED) is 0.891. The molecule has 5 heteroatoms. The van der Waals surface area contributed by atoms with Gasteiger partial charge in [-0.2, -0.15) is 0 Å². The first-order valence-corrected chi connectivity index (χ1v) is 6.36. The second-order valence-corrected chi connectivity index (χ2v) is 4.72. The van der Waals surface area contributed by atoms with Crippen LogP contribution < -0.4 is 5.73 Å². The van der Waals surface area contributed by atoms with E-state index in [-0.39, 0.29) is 5.91 Å². The molecule has 19 heavy (non-hydrogen) atoms. The second kappa shape index (κ2) is 4.85. The van der Waals surface area contributed by atoms with Gasteiger partial charge in [-0.1, -0.05) is 24.3 Å². The standard InChI is InChI=1S/C14H16N4O/c15-5-6-17-9-13(16-10-17)14(19)18-7-11-3-1-2-4-12(11)8-18/h1-4,9-10H,5-8,15H2. The molecule has 3 rings (SSSR count). The van der Waals surface area contributed by atoms with E-state index in [9.17, 15) is 4.79 Å². The van der Waals surface area contributed by atoms with E-state index in [0.29, 0.717) is 31.9 Å². The van der Waals surface area contributed by atoms with Gasteiger partial charge in [0.1, 0.15) is 5.69 Å². The Labute approximate surface area is 111 Å². The molecule has 0 spiro atoms. The Morgan fingerprint density at radius 1 is 1.26 bits per heavy atom. The van der Waals surface area contributed by atoms with Crippen molar-refractivity contribution in [3.8, 4) is 0 Å². The lowest BCUT2D eigenvalue weighted by atomic mass is 10.1. The molecule has 0 saturated heterocycles. The second-order valence-electron chi connectivity index (χ2n) is 4.72. The van der Waals surface area contributed by atoms with Crippen LogP contribution in [0.1, 0.15) is 21.6 Å². The minimum Gasteiger partial charge on any atom is -0.335 e. The number of carbonyl (C=O) groups excluding carboxylic acids is 1. The summed E-state index contributed by atoms with van der Waals surface area (Å²) in [7, 11) is 0. The van der Waals surface area contributed by atoms with Gasteiger partial charge in [0.25, 0.3) is 5.91 Å². The van der Waals surface area contributed by atoms with Crippen LogP contribution in [0.25, 0.3) is 0 Å². The van der Waals surface area contributed by atoms with Gasteiger partial charge in [0.15, 0.2) is 0 Å². The molecule has 1 aliphatic rings. The maximum Gasteiger partial charge on any atom is 0.274 e. The van der Waals surface area contributed by atoms with Crippen molar-refractivity contribution in [3.63, 3.8) is 0 Å². The number of imidazole rings is 1. The molecule has 1 amide bonds. The van der Waals surface area contributed by atoms with Crippen LogP contribution >= 0.6 is 0 Å². The van der Waals surface area contributed by atoms with Gasteiger partial charge >= 0.3 is 0 Å². The third kappa shape index (κ3) is 2.24. The first-order valence-electron chi connectivity index (χ1n) is 6.36. The average Bonchev–Trinajstić information content (AvgIpc) is 3.04. The summed E-state index contributed by atoms with van der Waals surface area (Å²) in [6.07, 6.45) is 3.42. The summed E-state index contributed by atoms with van der Waals surface area (Å²) in [5.74, 6) is -0.0213. The first-order chi connectivity index (χ1) is 9.28. The highest BCUT2D eigenvalue weighted by Crippen LogP contribution is 2.23. The number of amides is 1. The van der Waals surface area contributed by atoms with Crippen LogP contribution in [-0.4, -0.2) is 26.9 Å². The third-order valence-electron chi connectivity index (χ3n) is 3.37. The maximum absolute atomic E-state index is 12.4. The Morgan fingerprint density at radius 3 is 2.58 bits per heavy atom.